The minimum Gasteiger partial charge on any atom is -0.459 e. The van der Waals surface area contributed by atoms with Crippen LogP contribution in [-0.2, 0) is 4.79 Å². The first-order valence-corrected chi connectivity index (χ1v) is 9.97. The Morgan fingerprint density at radius 3 is 2.96 bits per heavy atom. The summed E-state index contributed by atoms with van der Waals surface area (Å²) in [4.78, 5) is 31.1. The smallest absolute Gasteiger partial charge is 0.286 e. The molecule has 140 valence electrons. The molecule has 1 aliphatic heterocycles. The van der Waals surface area contributed by atoms with E-state index in [-0.39, 0.29) is 23.5 Å². The van der Waals surface area contributed by atoms with Gasteiger partial charge in [-0.15, -0.1) is 11.3 Å². The van der Waals surface area contributed by atoms with E-state index in [2.05, 4.69) is 11.4 Å². The Bertz CT molecular complexity index is 902. The molecule has 2 aromatic heterocycles. The van der Waals surface area contributed by atoms with Crippen molar-refractivity contribution in [3.05, 3.63) is 53.4 Å². The fourth-order valence-electron chi connectivity index (χ4n) is 3.41. The van der Waals surface area contributed by atoms with Crippen molar-refractivity contribution < 1.29 is 14.0 Å². The number of furan rings is 1. The maximum atomic E-state index is 12.5. The van der Waals surface area contributed by atoms with Crippen LogP contribution in [0.15, 0.2) is 47.1 Å². The summed E-state index contributed by atoms with van der Waals surface area (Å²) in [5.41, 5.74) is 1.03. The van der Waals surface area contributed by atoms with Crippen molar-refractivity contribution in [3.63, 3.8) is 0 Å². The van der Waals surface area contributed by atoms with Crippen LogP contribution in [-0.4, -0.2) is 41.3 Å². The number of aromatic nitrogens is 1. The van der Waals surface area contributed by atoms with Crippen LogP contribution >= 0.6 is 11.3 Å². The summed E-state index contributed by atoms with van der Waals surface area (Å²) in [7, 11) is 0. The zero-order chi connectivity index (χ0) is 18.6. The van der Waals surface area contributed by atoms with Gasteiger partial charge in [-0.2, -0.15) is 0 Å². The highest BCUT2D eigenvalue weighted by atomic mass is 32.1. The number of carbonyl (C=O) groups excluding carboxylic acids is 2. The van der Waals surface area contributed by atoms with Crippen LogP contribution in [0.4, 0.5) is 0 Å². The molecule has 2 amide bonds. The molecule has 0 unspecified atom stereocenters. The van der Waals surface area contributed by atoms with Crippen LogP contribution in [0.2, 0.25) is 0 Å². The van der Waals surface area contributed by atoms with Crippen molar-refractivity contribution in [2.45, 2.75) is 25.2 Å². The second-order valence-corrected chi connectivity index (χ2v) is 7.74. The molecule has 27 heavy (non-hydrogen) atoms. The molecule has 0 spiro atoms. The normalized spacial score (nSPS) is 17.2. The Morgan fingerprint density at radius 2 is 2.15 bits per heavy atom. The third-order valence-electron chi connectivity index (χ3n) is 4.80. The molecule has 4 rings (SSSR count). The first kappa shape index (κ1) is 17.7. The third kappa shape index (κ3) is 4.03. The fourth-order valence-corrected chi connectivity index (χ4v) is 4.50. The molecule has 1 fully saturated rings. The lowest BCUT2D eigenvalue weighted by Gasteiger charge is -2.32. The van der Waals surface area contributed by atoms with Gasteiger partial charge in [0.2, 0.25) is 5.91 Å². The van der Waals surface area contributed by atoms with Gasteiger partial charge in [-0.05, 0) is 37.1 Å². The van der Waals surface area contributed by atoms with E-state index in [9.17, 15) is 9.59 Å². The quantitative estimate of drug-likeness (QED) is 0.733. The highest BCUT2D eigenvalue weighted by Crippen LogP contribution is 2.33. The Kier molecular flexibility index (Phi) is 5.20. The van der Waals surface area contributed by atoms with Crippen LogP contribution in [0, 0.1) is 0 Å². The fraction of sp³-hybridized carbons (Fsp3) is 0.350. The summed E-state index contributed by atoms with van der Waals surface area (Å²) in [6.45, 7) is 1.78. The maximum absolute atomic E-state index is 12.5. The predicted molar refractivity (Wildman–Crippen MR) is 104 cm³/mol. The maximum Gasteiger partial charge on any atom is 0.286 e. The average Bonchev–Trinajstić information content (AvgIpc) is 3.37. The second-order valence-electron chi connectivity index (χ2n) is 6.68. The number of hydrogen-bond donors (Lipinski definition) is 1. The van der Waals surface area contributed by atoms with E-state index < -0.39 is 0 Å². The summed E-state index contributed by atoms with van der Waals surface area (Å²) in [6, 6.07) is 11.4. The molecule has 0 radical (unpaired) electrons. The van der Waals surface area contributed by atoms with Gasteiger partial charge in [0.05, 0.1) is 21.5 Å². The molecule has 0 bridgehead atoms. The minimum absolute atomic E-state index is 0.0700. The van der Waals surface area contributed by atoms with Crippen molar-refractivity contribution in [3.8, 4) is 0 Å². The standard InChI is InChI=1S/C20H21N3O3S/c24-18(9-10-21-19(25)16-7-4-12-26-16)23-11-3-5-14(13-23)20-22-15-6-1-2-8-17(15)27-20/h1-2,4,6-8,12,14H,3,5,9-11,13H2,(H,21,25)/t14-/m0/s1. The Balaban J connectivity index is 1.32. The van der Waals surface area contributed by atoms with Crippen LogP contribution in [0.25, 0.3) is 10.2 Å². The molecule has 7 heteroatoms. The molecule has 1 N–H and O–H groups in total. The molecule has 1 saturated heterocycles. The van der Waals surface area contributed by atoms with E-state index in [1.54, 1.807) is 23.5 Å². The minimum atomic E-state index is -0.293. The zero-order valence-electron chi connectivity index (χ0n) is 14.9. The number of fused-ring (bicyclic) bond motifs is 1. The van der Waals surface area contributed by atoms with Crippen LogP contribution in [0.3, 0.4) is 0 Å². The van der Waals surface area contributed by atoms with E-state index in [0.29, 0.717) is 19.5 Å². The largest absolute Gasteiger partial charge is 0.459 e. The number of carbonyl (C=O) groups is 2. The number of amides is 2. The van der Waals surface area contributed by atoms with Gasteiger partial charge in [-0.3, -0.25) is 9.59 Å². The zero-order valence-corrected chi connectivity index (χ0v) is 15.7. The predicted octanol–water partition coefficient (Wildman–Crippen LogP) is 3.42. The topological polar surface area (TPSA) is 75.4 Å². The summed E-state index contributed by atoms with van der Waals surface area (Å²) in [5, 5.41) is 3.84. The lowest BCUT2D eigenvalue weighted by molar-refractivity contribution is -0.132. The SMILES string of the molecule is O=C(NCCC(=O)N1CCC[C@H](c2nc3ccccc3s2)C1)c1ccco1. The number of hydrogen-bond acceptors (Lipinski definition) is 5. The van der Waals surface area contributed by atoms with E-state index in [0.717, 1.165) is 29.9 Å². The molecule has 1 aliphatic rings. The van der Waals surface area contributed by atoms with Gasteiger partial charge in [0.15, 0.2) is 5.76 Å². The van der Waals surface area contributed by atoms with Gasteiger partial charge in [0, 0.05) is 32.0 Å². The summed E-state index contributed by atoms with van der Waals surface area (Å²) in [5.74, 6) is 0.327. The summed E-state index contributed by atoms with van der Waals surface area (Å²) >= 11 is 1.72. The number of benzene rings is 1. The lowest BCUT2D eigenvalue weighted by Crippen LogP contribution is -2.40. The third-order valence-corrected chi connectivity index (χ3v) is 6.00. The molecule has 1 aromatic carbocycles. The Morgan fingerprint density at radius 1 is 1.26 bits per heavy atom. The highest BCUT2D eigenvalue weighted by Gasteiger charge is 2.26. The molecular weight excluding hydrogens is 362 g/mol. The first-order valence-electron chi connectivity index (χ1n) is 9.15. The molecule has 0 aliphatic carbocycles. The van der Waals surface area contributed by atoms with Crippen molar-refractivity contribution in [2.24, 2.45) is 0 Å². The van der Waals surface area contributed by atoms with E-state index >= 15 is 0 Å². The number of nitrogens with one attached hydrogen (secondary N) is 1. The number of piperidine rings is 1. The van der Waals surface area contributed by atoms with Gasteiger partial charge in [-0.25, -0.2) is 4.98 Å². The molecule has 3 heterocycles. The number of thiazole rings is 1. The van der Waals surface area contributed by atoms with Crippen molar-refractivity contribution in [1.29, 1.82) is 0 Å². The highest BCUT2D eigenvalue weighted by molar-refractivity contribution is 7.18. The average molecular weight is 383 g/mol. The summed E-state index contributed by atoms with van der Waals surface area (Å²) in [6.07, 6.45) is 3.78. The van der Waals surface area contributed by atoms with Crippen LogP contribution in [0.1, 0.15) is 40.7 Å². The Labute approximate surface area is 161 Å². The molecule has 0 saturated carbocycles. The van der Waals surface area contributed by atoms with Crippen molar-refractivity contribution >= 4 is 33.4 Å². The van der Waals surface area contributed by atoms with Crippen LogP contribution in [0.5, 0.6) is 0 Å². The van der Waals surface area contributed by atoms with Crippen LogP contribution < -0.4 is 5.32 Å². The molecule has 1 atom stereocenters. The van der Waals surface area contributed by atoms with Gasteiger partial charge < -0.3 is 14.6 Å². The lowest BCUT2D eigenvalue weighted by atomic mass is 9.98. The van der Waals surface area contributed by atoms with Gasteiger partial charge in [-0.1, -0.05) is 12.1 Å². The van der Waals surface area contributed by atoms with Gasteiger partial charge in [0.25, 0.3) is 5.91 Å². The second kappa shape index (κ2) is 7.92. The van der Waals surface area contributed by atoms with Crippen molar-refractivity contribution in [1.82, 2.24) is 15.2 Å². The first-order chi connectivity index (χ1) is 13.2. The van der Waals surface area contributed by atoms with Gasteiger partial charge >= 0.3 is 0 Å². The number of likely N-dealkylation sites (tertiary alicyclic amines) is 1. The molecule has 3 aromatic rings. The van der Waals surface area contributed by atoms with Crippen molar-refractivity contribution in [2.75, 3.05) is 19.6 Å². The molecule has 6 nitrogen and oxygen atoms in total. The Hall–Kier alpha value is -2.67. The van der Waals surface area contributed by atoms with E-state index in [4.69, 9.17) is 9.40 Å². The van der Waals surface area contributed by atoms with E-state index in [1.807, 2.05) is 23.1 Å². The van der Waals surface area contributed by atoms with Gasteiger partial charge in [0.1, 0.15) is 0 Å². The number of rotatable bonds is 5. The van der Waals surface area contributed by atoms with E-state index in [1.165, 1.54) is 11.0 Å². The number of nitrogens with zero attached hydrogens (tertiary/aromatic N) is 2. The monoisotopic (exact) mass is 383 g/mol. The number of para-hydroxylation sites is 1. The summed E-state index contributed by atoms with van der Waals surface area (Å²) < 4.78 is 6.24. The molecular formula is C20H21N3O3S.